The molecule has 1 fully saturated rings. The van der Waals surface area contributed by atoms with Gasteiger partial charge in [0.2, 0.25) is 0 Å². The third-order valence-corrected chi connectivity index (χ3v) is 15.0. The van der Waals surface area contributed by atoms with Crippen molar-refractivity contribution in [2.75, 3.05) is 66.0 Å². The Morgan fingerprint density at radius 3 is 1.17 bits per heavy atom. The topological polar surface area (TPSA) is 779 Å². The summed E-state index contributed by atoms with van der Waals surface area (Å²) in [5, 5.41) is 341. The molecule has 0 bridgehead atoms. The summed E-state index contributed by atoms with van der Waals surface area (Å²) < 4.78 is 47.8. The fraction of sp³-hybridized carbons (Fsp3) is 1.00. The van der Waals surface area contributed by atoms with Crippen molar-refractivity contribution in [3.05, 3.63) is 10.4 Å². The molecule has 572 valence electrons. The molecular formula is C52H103N3O41. The van der Waals surface area contributed by atoms with E-state index in [2.05, 4.69) is 10.0 Å². The van der Waals surface area contributed by atoms with Crippen LogP contribution in [-0.2, 0) is 42.6 Å². The van der Waals surface area contributed by atoms with Crippen molar-refractivity contribution in [3.63, 3.8) is 0 Å². The second-order valence-corrected chi connectivity index (χ2v) is 22.3. The molecule has 33 atom stereocenters. The zero-order valence-electron chi connectivity index (χ0n) is 51.8. The number of rotatable bonds is 56. The highest BCUT2D eigenvalue weighted by atomic mass is 16.8. The van der Waals surface area contributed by atoms with E-state index in [1.165, 1.54) is 0 Å². The van der Waals surface area contributed by atoms with E-state index in [1.807, 2.05) is 0 Å². The molecule has 1 heterocycles. The van der Waals surface area contributed by atoms with Crippen LogP contribution < -0.4 is 0 Å². The molecule has 32 N–H and O–H groups in total. The van der Waals surface area contributed by atoms with Crippen molar-refractivity contribution in [1.29, 1.82) is 0 Å². The molecule has 0 saturated carbocycles. The lowest BCUT2D eigenvalue weighted by Gasteiger charge is -2.45. The van der Waals surface area contributed by atoms with Gasteiger partial charge in [-0.2, -0.15) is 0 Å². The van der Waals surface area contributed by atoms with Gasteiger partial charge in [0, 0.05) is 51.1 Å². The minimum absolute atomic E-state index is 0.0547. The number of hydrogen-bond acceptors (Lipinski definition) is 42. The highest BCUT2D eigenvalue weighted by Gasteiger charge is 2.52. The Morgan fingerprint density at radius 2 is 0.750 bits per heavy atom. The summed E-state index contributed by atoms with van der Waals surface area (Å²) in [5.74, 6) is 0. The van der Waals surface area contributed by atoms with E-state index in [0.717, 1.165) is 0 Å². The Hall–Kier alpha value is -2.33. The average Bonchev–Trinajstić information content (AvgIpc) is 0.820. The molecule has 0 spiro atoms. The van der Waals surface area contributed by atoms with Crippen molar-refractivity contribution in [2.24, 2.45) is 5.11 Å². The molecule has 0 radical (unpaired) electrons. The van der Waals surface area contributed by atoms with E-state index >= 15 is 0 Å². The van der Waals surface area contributed by atoms with Gasteiger partial charge in [-0.3, -0.25) is 0 Å². The minimum atomic E-state index is -2.87. The van der Waals surface area contributed by atoms with Gasteiger partial charge in [-0.1, -0.05) is 11.5 Å². The first-order valence-electron chi connectivity index (χ1n) is 30.3. The lowest BCUT2D eigenvalue weighted by Crippen LogP contribution is -2.64. The van der Waals surface area contributed by atoms with Crippen LogP contribution >= 0.6 is 0 Å². The quantitative estimate of drug-likeness (QED) is 0.00884. The zero-order valence-corrected chi connectivity index (χ0v) is 51.8. The summed E-state index contributed by atoms with van der Waals surface area (Å²) in [6.45, 7) is -8.03. The van der Waals surface area contributed by atoms with Crippen molar-refractivity contribution >= 4 is 0 Å². The number of unbranched alkanes of at least 4 members (excludes halogenated alkanes) is 2. The first-order valence-corrected chi connectivity index (χ1v) is 30.3. The van der Waals surface area contributed by atoms with Crippen molar-refractivity contribution in [1.82, 2.24) is 0 Å². The van der Waals surface area contributed by atoms with Crippen LogP contribution in [0.3, 0.4) is 0 Å². The van der Waals surface area contributed by atoms with Gasteiger partial charge in [0.1, 0.15) is 116 Å². The SMILES string of the molecule is [N-]=[N+]=NCCCCCOC(O)C(O)C(OC1OC(CO)C(O)C(O)C1OC(O)C(OC(O)C(O)C(O)[C@@H](O)CCO)C(O)C(O)CCO)C(O)CCOC(O)C(O)C(OC(O)C(O)C(O)C(O)CCO)C(O)COC(O)C(OC(O)C(O)C(O)C(O)CCO)C(O)C(O)CCO. The summed E-state index contributed by atoms with van der Waals surface area (Å²) in [6.07, 6.45) is -83.9. The summed E-state index contributed by atoms with van der Waals surface area (Å²) in [4.78, 5) is 2.61. The predicted molar refractivity (Wildman–Crippen MR) is 305 cm³/mol. The predicted octanol–water partition coefficient (Wildman–Crippen LogP) is -16.5. The molecule has 1 aliphatic rings. The maximum Gasteiger partial charge on any atom is 0.187 e. The van der Waals surface area contributed by atoms with Crippen molar-refractivity contribution in [2.45, 2.75) is 261 Å². The first-order chi connectivity index (χ1) is 45.2. The number of ether oxygens (including phenoxy) is 9. The van der Waals surface area contributed by atoms with Crippen LogP contribution in [0.1, 0.15) is 57.8 Å². The molecule has 0 amide bonds. The van der Waals surface area contributed by atoms with E-state index in [4.69, 9.17) is 58.4 Å². The molecule has 0 aromatic rings. The second kappa shape index (κ2) is 48.5. The first kappa shape index (κ1) is 91.7. The van der Waals surface area contributed by atoms with Crippen molar-refractivity contribution < 1.29 is 206 Å². The molecule has 0 aliphatic carbocycles. The van der Waals surface area contributed by atoms with Crippen molar-refractivity contribution in [3.8, 4) is 0 Å². The fourth-order valence-corrected chi connectivity index (χ4v) is 9.09. The molecule has 44 heteroatoms. The van der Waals surface area contributed by atoms with Crippen LogP contribution in [0.4, 0.5) is 0 Å². The number of nitrogens with zero attached hydrogens (tertiary/aromatic N) is 3. The monoisotopic (exact) mass is 1430 g/mol. The summed E-state index contributed by atoms with van der Waals surface area (Å²) in [7, 11) is 0. The lowest BCUT2D eigenvalue weighted by atomic mass is 9.98. The van der Waals surface area contributed by atoms with E-state index in [1.54, 1.807) is 0 Å². The van der Waals surface area contributed by atoms with Crippen LogP contribution in [0.25, 0.3) is 10.4 Å². The Morgan fingerprint density at radius 1 is 0.354 bits per heavy atom. The second-order valence-electron chi connectivity index (χ2n) is 22.3. The molecule has 0 aromatic carbocycles. The molecule has 0 aromatic heterocycles. The maximum atomic E-state index is 11.7. The number of hydrogen-bond donors (Lipinski definition) is 32. The van der Waals surface area contributed by atoms with Gasteiger partial charge in [-0.25, -0.2) is 0 Å². The molecule has 1 aliphatic heterocycles. The standard InChI is InChI=1S/C52H103N3O41/c53-55-54-10-2-1-3-16-88-45(81)38(79)40(96-52-44(34(75)33(74)27(18-61)91-52)95-51(87)43(32(73)24(66)8-15-60)94-49(85)37(78)30(71)22(64)6-13-58)25(67)9-17-89-46(82)39(80)41(92-47(83)35(76)28(69)20(62)4-11-56)26(68)19-90-50(86)42(31(72)23(65)7-14-59)93-48(84)36(77)29(70)21(63)5-12-57/h20-52,56-87H,1-19H2/t20?,21?,22-,23?,24?,25?,26?,27?,28?,29?,30?,31?,32?,33?,34?,35?,36?,37?,38?,39?,40?,41?,42?,43?,44?,45?,46?,47?,48?,49?,50?,51?,52?/m0/s1. The third-order valence-electron chi connectivity index (χ3n) is 15.0. The highest BCUT2D eigenvalue weighted by molar-refractivity contribution is 4.94. The fourth-order valence-electron chi connectivity index (χ4n) is 9.09. The van der Waals surface area contributed by atoms with Gasteiger partial charge in [0.05, 0.1) is 56.4 Å². The van der Waals surface area contributed by atoms with E-state index in [0.29, 0.717) is 12.8 Å². The van der Waals surface area contributed by atoms with Crippen LogP contribution in [0, 0.1) is 0 Å². The molecule has 1 rings (SSSR count). The molecule has 44 nitrogen and oxygen atoms in total. The lowest BCUT2D eigenvalue weighted by molar-refractivity contribution is -0.367. The van der Waals surface area contributed by atoms with Crippen LogP contribution in [0.15, 0.2) is 5.11 Å². The summed E-state index contributed by atoms with van der Waals surface area (Å²) in [5.41, 5.74) is 8.56. The maximum absolute atomic E-state index is 11.7. The molecule has 32 unspecified atom stereocenters. The van der Waals surface area contributed by atoms with Crippen LogP contribution in [0.5, 0.6) is 0 Å². The van der Waals surface area contributed by atoms with E-state index < -0.39 is 294 Å². The largest absolute Gasteiger partial charge is 0.396 e. The summed E-state index contributed by atoms with van der Waals surface area (Å²) in [6, 6.07) is 0. The van der Waals surface area contributed by atoms with Crippen LogP contribution in [0.2, 0.25) is 0 Å². The number of azide groups is 1. The van der Waals surface area contributed by atoms with Gasteiger partial charge in [-0.15, -0.1) is 0 Å². The molecule has 96 heavy (non-hydrogen) atoms. The van der Waals surface area contributed by atoms with Gasteiger partial charge in [-0.05, 0) is 56.9 Å². The smallest absolute Gasteiger partial charge is 0.187 e. The Bertz CT molecular complexity index is 2010. The Balaban J connectivity index is 3.84. The summed E-state index contributed by atoms with van der Waals surface area (Å²) >= 11 is 0. The van der Waals surface area contributed by atoms with Gasteiger partial charge < -0.3 is 206 Å². The van der Waals surface area contributed by atoms with Gasteiger partial charge in [0.15, 0.2) is 50.3 Å². The molecular weight excluding hydrogens is 1320 g/mol. The van der Waals surface area contributed by atoms with Gasteiger partial charge in [0.25, 0.3) is 0 Å². The zero-order chi connectivity index (χ0) is 73.3. The van der Waals surface area contributed by atoms with Crippen LogP contribution in [-0.4, -0.2) is 432 Å². The average molecular weight is 1430 g/mol. The Kier molecular flexibility index (Phi) is 46.4. The molecule has 1 saturated heterocycles. The van der Waals surface area contributed by atoms with Gasteiger partial charge >= 0.3 is 0 Å². The number of aliphatic hydroxyl groups excluding tert-OH is 32. The minimum Gasteiger partial charge on any atom is -0.396 e. The normalized spacial score (nSPS) is 26.1. The number of aliphatic hydroxyl groups is 32. The van der Waals surface area contributed by atoms with E-state index in [-0.39, 0.29) is 19.6 Å². The third kappa shape index (κ3) is 29.9. The Labute approximate surface area is 547 Å². The van der Waals surface area contributed by atoms with E-state index in [9.17, 15) is 153 Å². The highest BCUT2D eigenvalue weighted by Crippen LogP contribution is 2.31.